The maximum absolute atomic E-state index is 14.3. The Balaban J connectivity index is 1.70. The summed E-state index contributed by atoms with van der Waals surface area (Å²) < 4.78 is 14.3. The molecule has 2 aromatic heterocycles. The molecule has 2 unspecified atom stereocenters. The number of aromatic amines is 1. The van der Waals surface area contributed by atoms with Crippen LogP contribution in [0.2, 0.25) is 5.02 Å². The summed E-state index contributed by atoms with van der Waals surface area (Å²) in [6, 6.07) is 5.18. The summed E-state index contributed by atoms with van der Waals surface area (Å²) in [5, 5.41) is 7.11. The minimum Gasteiger partial charge on any atom is -0.354 e. The molecule has 2 atom stereocenters. The van der Waals surface area contributed by atoms with Crippen LogP contribution in [0.4, 0.5) is 10.2 Å². The minimum absolute atomic E-state index is 0.0502. The summed E-state index contributed by atoms with van der Waals surface area (Å²) in [5.74, 6) is 0.209. The number of fused-ring (bicyclic) bond motifs is 1. The van der Waals surface area contributed by atoms with Gasteiger partial charge in [0.15, 0.2) is 11.5 Å². The zero-order chi connectivity index (χ0) is 18.3. The maximum atomic E-state index is 14.3. The lowest BCUT2D eigenvalue weighted by Gasteiger charge is -2.36. The Hall–Kier alpha value is -2.25. The van der Waals surface area contributed by atoms with Crippen molar-refractivity contribution in [3.63, 3.8) is 0 Å². The van der Waals surface area contributed by atoms with Gasteiger partial charge in [-0.2, -0.15) is 5.10 Å². The molecule has 0 aliphatic heterocycles. The average Bonchev–Trinajstić information content (AvgIpc) is 3.07. The van der Waals surface area contributed by atoms with Gasteiger partial charge >= 0.3 is 0 Å². The summed E-state index contributed by atoms with van der Waals surface area (Å²) in [5.41, 5.74) is 7.99. The smallest absolute Gasteiger partial charge is 0.177 e. The van der Waals surface area contributed by atoms with Gasteiger partial charge in [0.2, 0.25) is 0 Å². The highest BCUT2D eigenvalue weighted by atomic mass is 35.5. The van der Waals surface area contributed by atoms with Gasteiger partial charge in [-0.3, -0.25) is 5.10 Å². The van der Waals surface area contributed by atoms with Crippen LogP contribution >= 0.6 is 11.6 Å². The molecule has 0 radical (unpaired) electrons. The van der Waals surface area contributed by atoms with E-state index in [-0.39, 0.29) is 17.1 Å². The first-order valence-corrected chi connectivity index (χ1v) is 9.08. The summed E-state index contributed by atoms with van der Waals surface area (Å²) in [4.78, 5) is 11.2. The van der Waals surface area contributed by atoms with Crippen LogP contribution in [0.1, 0.15) is 25.7 Å². The lowest BCUT2D eigenvalue weighted by Crippen LogP contribution is -2.48. The predicted molar refractivity (Wildman–Crippen MR) is 101 cm³/mol. The van der Waals surface area contributed by atoms with Gasteiger partial charge in [0, 0.05) is 24.7 Å². The van der Waals surface area contributed by atoms with Crippen molar-refractivity contribution in [1.29, 1.82) is 0 Å². The Morgan fingerprint density at radius 1 is 1.31 bits per heavy atom. The van der Waals surface area contributed by atoms with Crippen molar-refractivity contribution in [3.8, 4) is 11.3 Å². The molecule has 0 bridgehead atoms. The van der Waals surface area contributed by atoms with E-state index in [1.807, 2.05) is 7.05 Å². The number of hydrogen-bond donors (Lipinski definition) is 2. The molecule has 1 aliphatic rings. The topological polar surface area (TPSA) is 83.7 Å². The first-order valence-electron chi connectivity index (χ1n) is 8.70. The van der Waals surface area contributed by atoms with Crippen LogP contribution in [-0.4, -0.2) is 39.3 Å². The molecular weight excluding hydrogens is 355 g/mol. The summed E-state index contributed by atoms with van der Waals surface area (Å²) in [6.45, 7) is 0. The summed E-state index contributed by atoms with van der Waals surface area (Å²) in [7, 11) is 1.99. The molecule has 3 aromatic rings. The molecule has 1 aromatic carbocycles. The van der Waals surface area contributed by atoms with Gasteiger partial charge in [0.05, 0.1) is 11.2 Å². The van der Waals surface area contributed by atoms with Gasteiger partial charge in [-0.15, -0.1) is 0 Å². The highest BCUT2D eigenvalue weighted by Gasteiger charge is 2.27. The van der Waals surface area contributed by atoms with Gasteiger partial charge in [0.1, 0.15) is 17.0 Å². The van der Waals surface area contributed by atoms with Crippen LogP contribution in [0, 0.1) is 5.82 Å². The van der Waals surface area contributed by atoms with E-state index in [1.54, 1.807) is 18.3 Å². The predicted octanol–water partition coefficient (Wildman–Crippen LogP) is 3.52. The third-order valence-electron chi connectivity index (χ3n) is 5.10. The second-order valence-corrected chi connectivity index (χ2v) is 7.13. The largest absolute Gasteiger partial charge is 0.354 e. The van der Waals surface area contributed by atoms with Crippen LogP contribution in [0.5, 0.6) is 0 Å². The zero-order valence-electron chi connectivity index (χ0n) is 14.4. The normalized spacial score (nSPS) is 20.5. The first-order chi connectivity index (χ1) is 12.6. The molecule has 136 valence electrons. The molecule has 3 N–H and O–H groups in total. The number of hydrogen-bond acceptors (Lipinski definition) is 5. The fourth-order valence-electron chi connectivity index (χ4n) is 3.63. The van der Waals surface area contributed by atoms with Crippen molar-refractivity contribution in [2.24, 2.45) is 5.73 Å². The van der Waals surface area contributed by atoms with Crippen molar-refractivity contribution in [2.45, 2.75) is 37.8 Å². The van der Waals surface area contributed by atoms with Gasteiger partial charge in [-0.1, -0.05) is 30.5 Å². The molecule has 1 fully saturated rings. The third-order valence-corrected chi connectivity index (χ3v) is 5.40. The number of halogens is 2. The fourth-order valence-corrected chi connectivity index (χ4v) is 3.80. The van der Waals surface area contributed by atoms with Crippen molar-refractivity contribution in [2.75, 3.05) is 11.9 Å². The molecule has 0 saturated heterocycles. The van der Waals surface area contributed by atoms with Crippen molar-refractivity contribution in [3.05, 3.63) is 35.2 Å². The average molecular weight is 375 g/mol. The molecule has 1 saturated carbocycles. The van der Waals surface area contributed by atoms with E-state index < -0.39 is 5.82 Å². The zero-order valence-corrected chi connectivity index (χ0v) is 15.2. The van der Waals surface area contributed by atoms with Crippen molar-refractivity contribution >= 4 is 28.6 Å². The molecule has 26 heavy (non-hydrogen) atoms. The number of aromatic nitrogens is 4. The summed E-state index contributed by atoms with van der Waals surface area (Å²) in [6.07, 6.45) is 6.09. The second-order valence-electron chi connectivity index (χ2n) is 6.73. The van der Waals surface area contributed by atoms with Gasteiger partial charge in [-0.05, 0) is 25.0 Å². The molecule has 0 spiro atoms. The van der Waals surface area contributed by atoms with E-state index in [9.17, 15) is 4.39 Å². The minimum atomic E-state index is -0.515. The van der Waals surface area contributed by atoms with E-state index in [2.05, 4.69) is 25.1 Å². The number of benzene rings is 1. The van der Waals surface area contributed by atoms with Crippen LogP contribution < -0.4 is 10.6 Å². The SMILES string of the molecule is CN(c1cnc2c(-c3cccc(Cl)c3F)n[nH]c2n1)C1CCCCC1N. The van der Waals surface area contributed by atoms with Crippen LogP contribution in [0.15, 0.2) is 24.4 Å². The third kappa shape index (κ3) is 2.91. The van der Waals surface area contributed by atoms with Gasteiger partial charge < -0.3 is 10.6 Å². The van der Waals surface area contributed by atoms with Crippen molar-refractivity contribution < 1.29 is 4.39 Å². The van der Waals surface area contributed by atoms with Crippen LogP contribution in [0.25, 0.3) is 22.4 Å². The maximum Gasteiger partial charge on any atom is 0.177 e. The molecule has 8 heteroatoms. The van der Waals surface area contributed by atoms with Gasteiger partial charge in [0.25, 0.3) is 0 Å². The number of nitrogens with two attached hydrogens (primary N) is 1. The molecular formula is C18H20ClFN6. The number of anilines is 1. The second kappa shape index (κ2) is 6.81. The fraction of sp³-hybridized carbons (Fsp3) is 0.389. The summed E-state index contributed by atoms with van der Waals surface area (Å²) >= 11 is 5.88. The number of H-pyrrole nitrogens is 1. The number of rotatable bonds is 3. The molecule has 6 nitrogen and oxygen atoms in total. The molecule has 1 aliphatic carbocycles. The number of nitrogens with one attached hydrogen (secondary N) is 1. The van der Waals surface area contributed by atoms with Crippen LogP contribution in [-0.2, 0) is 0 Å². The Morgan fingerprint density at radius 3 is 2.92 bits per heavy atom. The van der Waals surface area contributed by atoms with E-state index in [0.29, 0.717) is 22.4 Å². The molecule has 2 heterocycles. The van der Waals surface area contributed by atoms with Crippen molar-refractivity contribution in [1.82, 2.24) is 20.2 Å². The van der Waals surface area contributed by atoms with Gasteiger partial charge in [-0.25, -0.2) is 14.4 Å². The number of likely N-dealkylation sites (N-methyl/N-ethyl adjacent to an activating group) is 1. The van der Waals surface area contributed by atoms with E-state index in [4.69, 9.17) is 17.3 Å². The first kappa shape index (κ1) is 17.2. The van der Waals surface area contributed by atoms with E-state index in [1.165, 1.54) is 18.9 Å². The van der Waals surface area contributed by atoms with E-state index in [0.717, 1.165) is 18.7 Å². The Labute approximate surface area is 155 Å². The highest BCUT2D eigenvalue weighted by Crippen LogP contribution is 2.31. The molecule has 4 rings (SSSR count). The Kier molecular flexibility index (Phi) is 4.50. The quantitative estimate of drug-likeness (QED) is 0.732. The van der Waals surface area contributed by atoms with E-state index >= 15 is 0 Å². The Bertz CT molecular complexity index is 943. The number of nitrogens with zero attached hydrogens (tertiary/aromatic N) is 4. The standard InChI is InChI=1S/C18H20ClFN6/c1-26(13-8-3-2-7-12(13)21)14-9-22-17-16(24-25-18(17)23-14)10-5-4-6-11(19)15(10)20/h4-6,9,12-13H,2-3,7-8,21H2,1H3,(H,23,24,25). The lowest BCUT2D eigenvalue weighted by atomic mass is 9.90. The molecule has 0 amide bonds. The highest BCUT2D eigenvalue weighted by molar-refractivity contribution is 6.31. The lowest BCUT2D eigenvalue weighted by molar-refractivity contribution is 0.372. The van der Waals surface area contributed by atoms with Crippen LogP contribution in [0.3, 0.4) is 0 Å². The monoisotopic (exact) mass is 374 g/mol. The Morgan fingerprint density at radius 2 is 2.12 bits per heavy atom.